The summed E-state index contributed by atoms with van der Waals surface area (Å²) in [5.74, 6) is 0. The summed E-state index contributed by atoms with van der Waals surface area (Å²) in [6.07, 6.45) is 2.30. The van der Waals surface area contributed by atoms with Gasteiger partial charge in [0.1, 0.15) is 0 Å². The van der Waals surface area contributed by atoms with E-state index in [9.17, 15) is 0 Å². The molecule has 0 amide bonds. The molecule has 2 heteroatoms. The van der Waals surface area contributed by atoms with Crippen molar-refractivity contribution >= 4 is 44.3 Å². The molecular formula is C58H40N2. The van der Waals surface area contributed by atoms with Crippen molar-refractivity contribution in [1.82, 2.24) is 4.40 Å². The number of rotatable bonds is 8. The first-order valence-electron chi connectivity index (χ1n) is 20.6. The Hall–Kier alpha value is -7.94. The molecule has 11 rings (SSSR count). The summed E-state index contributed by atoms with van der Waals surface area (Å²) in [4.78, 5) is 2.34. The third-order valence-electron chi connectivity index (χ3n) is 11.8. The molecule has 2 heterocycles. The lowest BCUT2D eigenvalue weighted by atomic mass is 9.94. The molecule has 9 aromatic carbocycles. The first-order chi connectivity index (χ1) is 29.8. The van der Waals surface area contributed by atoms with Crippen molar-refractivity contribution in [2.75, 3.05) is 4.90 Å². The van der Waals surface area contributed by atoms with Crippen molar-refractivity contribution in [3.63, 3.8) is 0 Å². The summed E-state index contributed by atoms with van der Waals surface area (Å²) in [5.41, 5.74) is 17.9. The molecule has 2 nitrogen and oxygen atoms in total. The highest BCUT2D eigenvalue weighted by Gasteiger charge is 2.17. The van der Waals surface area contributed by atoms with Gasteiger partial charge in [-0.25, -0.2) is 0 Å². The molecule has 0 saturated heterocycles. The van der Waals surface area contributed by atoms with E-state index in [0.717, 1.165) is 17.1 Å². The Labute approximate surface area is 350 Å². The zero-order valence-corrected chi connectivity index (χ0v) is 33.0. The zero-order valence-electron chi connectivity index (χ0n) is 33.0. The van der Waals surface area contributed by atoms with E-state index < -0.39 is 0 Å². The van der Waals surface area contributed by atoms with Crippen LogP contribution in [0.3, 0.4) is 0 Å². The van der Waals surface area contributed by atoms with E-state index in [2.05, 4.69) is 252 Å². The first-order valence-corrected chi connectivity index (χ1v) is 20.6. The number of benzene rings is 9. The molecule has 0 bridgehead atoms. The highest BCUT2D eigenvalue weighted by atomic mass is 15.1. The molecule has 2 aromatic heterocycles. The number of hydrogen-bond acceptors (Lipinski definition) is 1. The van der Waals surface area contributed by atoms with Gasteiger partial charge in [-0.05, 0) is 109 Å². The molecule has 60 heavy (non-hydrogen) atoms. The van der Waals surface area contributed by atoms with Crippen LogP contribution in [0.2, 0.25) is 0 Å². The van der Waals surface area contributed by atoms with Crippen LogP contribution in [0.15, 0.2) is 243 Å². The van der Waals surface area contributed by atoms with E-state index in [4.69, 9.17) is 0 Å². The van der Waals surface area contributed by atoms with Gasteiger partial charge in [0.05, 0.1) is 11.0 Å². The van der Waals surface area contributed by atoms with Crippen LogP contribution in [0.5, 0.6) is 0 Å². The van der Waals surface area contributed by atoms with Crippen molar-refractivity contribution in [2.45, 2.75) is 0 Å². The molecule has 0 saturated carbocycles. The fourth-order valence-electron chi connectivity index (χ4n) is 8.94. The van der Waals surface area contributed by atoms with Gasteiger partial charge >= 0.3 is 0 Å². The average molecular weight is 765 g/mol. The Bertz CT molecular complexity index is 3270. The molecule has 282 valence electrons. The summed E-state index contributed by atoms with van der Waals surface area (Å²) in [7, 11) is 0. The highest BCUT2D eigenvalue weighted by Crippen LogP contribution is 2.41. The number of hydrogen-bond donors (Lipinski definition) is 0. The van der Waals surface area contributed by atoms with E-state index in [1.807, 2.05) is 0 Å². The first kappa shape index (κ1) is 35.2. The number of fused-ring (bicyclic) bond motifs is 4. The largest absolute Gasteiger partial charge is 0.315 e. The van der Waals surface area contributed by atoms with Gasteiger partial charge in [0, 0.05) is 34.2 Å². The maximum atomic E-state index is 2.39. The monoisotopic (exact) mass is 764 g/mol. The second-order valence-corrected chi connectivity index (χ2v) is 15.4. The smallest absolute Gasteiger partial charge is 0.0547 e. The van der Waals surface area contributed by atoms with Gasteiger partial charge in [0.2, 0.25) is 0 Å². The fraction of sp³-hybridized carbons (Fsp3) is 0. The lowest BCUT2D eigenvalue weighted by Gasteiger charge is -2.26. The fourth-order valence-corrected chi connectivity index (χ4v) is 8.94. The van der Waals surface area contributed by atoms with Gasteiger partial charge in [-0.2, -0.15) is 0 Å². The topological polar surface area (TPSA) is 7.65 Å². The lowest BCUT2D eigenvalue weighted by Crippen LogP contribution is -2.09. The Morgan fingerprint density at radius 3 is 1.52 bits per heavy atom. The van der Waals surface area contributed by atoms with Crippen molar-refractivity contribution in [1.29, 1.82) is 0 Å². The van der Waals surface area contributed by atoms with Crippen molar-refractivity contribution in [3.8, 4) is 55.6 Å². The lowest BCUT2D eigenvalue weighted by molar-refractivity contribution is 1.28. The molecule has 0 aliphatic rings. The van der Waals surface area contributed by atoms with Crippen LogP contribution in [0.25, 0.3) is 82.8 Å². The number of anilines is 3. The van der Waals surface area contributed by atoms with Gasteiger partial charge in [0.25, 0.3) is 0 Å². The number of aromatic nitrogens is 1. The molecule has 0 fully saturated rings. The van der Waals surface area contributed by atoms with Crippen LogP contribution >= 0.6 is 0 Å². The Morgan fingerprint density at radius 1 is 0.283 bits per heavy atom. The summed E-state index contributed by atoms with van der Waals surface area (Å²) < 4.78 is 2.36. The molecule has 11 aromatic rings. The molecule has 0 aliphatic carbocycles. The SMILES string of the molecule is c1ccc(-c2ccccc2-c2ccc(N(c3ccccc3)c3cccc(-c4ccc(-c5cccc6cn7c(cc56)c(-c5ccccc5)c5ccccc57)cc4)c3)cc2)cc1. The van der Waals surface area contributed by atoms with E-state index in [1.165, 1.54) is 82.8 Å². The minimum Gasteiger partial charge on any atom is -0.315 e. The van der Waals surface area contributed by atoms with Crippen molar-refractivity contribution < 1.29 is 0 Å². The maximum absolute atomic E-state index is 2.39. The van der Waals surface area contributed by atoms with E-state index in [-0.39, 0.29) is 0 Å². The van der Waals surface area contributed by atoms with Gasteiger partial charge in [-0.3, -0.25) is 0 Å². The normalized spacial score (nSPS) is 11.3. The number of pyridine rings is 1. The number of para-hydroxylation sites is 2. The molecular weight excluding hydrogens is 725 g/mol. The molecule has 0 N–H and O–H groups in total. The van der Waals surface area contributed by atoms with E-state index in [0.29, 0.717) is 0 Å². The zero-order chi connectivity index (χ0) is 39.8. The van der Waals surface area contributed by atoms with Gasteiger partial charge < -0.3 is 9.30 Å². The third kappa shape index (κ3) is 6.32. The highest BCUT2D eigenvalue weighted by molar-refractivity contribution is 6.10. The van der Waals surface area contributed by atoms with Crippen LogP contribution < -0.4 is 4.90 Å². The molecule has 0 aliphatic heterocycles. The van der Waals surface area contributed by atoms with Gasteiger partial charge in [-0.15, -0.1) is 0 Å². The third-order valence-corrected chi connectivity index (χ3v) is 11.8. The predicted octanol–water partition coefficient (Wildman–Crippen LogP) is 16.1. The van der Waals surface area contributed by atoms with Crippen LogP contribution in [-0.4, -0.2) is 4.40 Å². The van der Waals surface area contributed by atoms with Crippen LogP contribution in [0.1, 0.15) is 0 Å². The molecule has 0 unspecified atom stereocenters. The molecule has 0 spiro atoms. The molecule has 0 atom stereocenters. The minimum atomic E-state index is 1.10. The average Bonchev–Trinajstić information content (AvgIpc) is 3.65. The summed E-state index contributed by atoms with van der Waals surface area (Å²) in [6, 6.07) is 85.4. The summed E-state index contributed by atoms with van der Waals surface area (Å²) in [5, 5.41) is 3.72. The second kappa shape index (κ2) is 15.1. The Balaban J connectivity index is 0.948. The summed E-state index contributed by atoms with van der Waals surface area (Å²) in [6.45, 7) is 0. The van der Waals surface area contributed by atoms with Crippen molar-refractivity contribution in [3.05, 3.63) is 243 Å². The van der Waals surface area contributed by atoms with Gasteiger partial charge in [0.15, 0.2) is 0 Å². The predicted molar refractivity (Wildman–Crippen MR) is 254 cm³/mol. The Kier molecular flexibility index (Phi) is 8.87. The maximum Gasteiger partial charge on any atom is 0.0547 e. The quantitative estimate of drug-likeness (QED) is 0.150. The van der Waals surface area contributed by atoms with E-state index >= 15 is 0 Å². The standard InChI is InChI=1S/C58H40N2/c1-4-16-42(17-5-1)51-25-10-11-26-52(51)44-34-36-49(37-35-44)60(48-22-8-3-9-23-48)50-24-14-20-46(38-50)41-30-32-43(33-31-41)53-28-15-21-47-40-59-56-29-13-12-27-54(56)58(57(59)39-55(47)53)45-18-6-2-7-19-45/h1-40H. The van der Waals surface area contributed by atoms with Crippen LogP contribution in [0, 0.1) is 0 Å². The van der Waals surface area contributed by atoms with E-state index in [1.54, 1.807) is 0 Å². The molecule has 0 radical (unpaired) electrons. The second-order valence-electron chi connectivity index (χ2n) is 15.4. The minimum absolute atomic E-state index is 1.10. The van der Waals surface area contributed by atoms with Crippen LogP contribution in [-0.2, 0) is 0 Å². The number of nitrogens with zero attached hydrogens (tertiary/aromatic N) is 2. The van der Waals surface area contributed by atoms with Gasteiger partial charge in [-0.1, -0.05) is 188 Å². The van der Waals surface area contributed by atoms with Crippen LogP contribution in [0.4, 0.5) is 17.1 Å². The van der Waals surface area contributed by atoms with Crippen molar-refractivity contribution in [2.24, 2.45) is 0 Å². The summed E-state index contributed by atoms with van der Waals surface area (Å²) >= 11 is 0. The Morgan fingerprint density at radius 2 is 0.783 bits per heavy atom.